The van der Waals surface area contributed by atoms with E-state index in [0.717, 1.165) is 10.6 Å². The highest BCUT2D eigenvalue weighted by Crippen LogP contribution is 2.21. The van der Waals surface area contributed by atoms with Crippen molar-refractivity contribution in [1.82, 2.24) is 10.9 Å². The lowest BCUT2D eigenvalue weighted by molar-refractivity contribution is -0.120. The maximum Gasteiger partial charge on any atom is 0.279 e. The summed E-state index contributed by atoms with van der Waals surface area (Å²) < 4.78 is 24.7. The van der Waals surface area contributed by atoms with Gasteiger partial charge in [0, 0.05) is 5.02 Å². The number of carbonyl (C=O) groups is 2. The number of hydrogen-bond acceptors (Lipinski definition) is 5. The number of halogens is 1. The van der Waals surface area contributed by atoms with Crippen molar-refractivity contribution in [2.24, 2.45) is 0 Å². The maximum atomic E-state index is 12.0. The molecule has 0 saturated heterocycles. The molecule has 0 fully saturated rings. The Balaban J connectivity index is 2.04. The van der Waals surface area contributed by atoms with Crippen LogP contribution in [-0.4, -0.2) is 33.0 Å². The number of amides is 2. The van der Waals surface area contributed by atoms with Crippen molar-refractivity contribution >= 4 is 50.5 Å². The minimum atomic E-state index is -3.71. The van der Waals surface area contributed by atoms with Gasteiger partial charge in [0.2, 0.25) is 10.0 Å². The number of nitrogens with zero attached hydrogens (tertiary/aromatic N) is 1. The van der Waals surface area contributed by atoms with Gasteiger partial charge in [-0.1, -0.05) is 23.7 Å². The average Bonchev–Trinajstić information content (AvgIpc) is 3.03. The molecule has 2 rings (SSSR count). The zero-order valence-corrected chi connectivity index (χ0v) is 14.9. The molecule has 10 heteroatoms. The molecule has 0 atom stereocenters. The molecule has 0 unspecified atom stereocenters. The molecular formula is C14H14ClN3O4S2. The van der Waals surface area contributed by atoms with E-state index in [4.69, 9.17) is 11.6 Å². The van der Waals surface area contributed by atoms with Crippen LogP contribution >= 0.6 is 22.9 Å². The molecule has 0 aliphatic rings. The summed E-state index contributed by atoms with van der Waals surface area (Å²) in [6.45, 7) is -0.496. The minimum Gasteiger partial charge on any atom is -0.271 e. The van der Waals surface area contributed by atoms with Gasteiger partial charge in [-0.3, -0.25) is 24.7 Å². The van der Waals surface area contributed by atoms with Gasteiger partial charge in [-0.2, -0.15) is 0 Å². The van der Waals surface area contributed by atoms with Crippen molar-refractivity contribution in [3.8, 4) is 0 Å². The van der Waals surface area contributed by atoms with Crippen LogP contribution in [0.5, 0.6) is 0 Å². The number of thiophene rings is 1. The zero-order valence-electron chi connectivity index (χ0n) is 12.5. The van der Waals surface area contributed by atoms with Gasteiger partial charge in [-0.15, -0.1) is 11.3 Å². The Morgan fingerprint density at radius 2 is 1.96 bits per heavy atom. The van der Waals surface area contributed by atoms with E-state index in [9.17, 15) is 18.0 Å². The lowest BCUT2D eigenvalue weighted by atomic mass is 10.3. The summed E-state index contributed by atoms with van der Waals surface area (Å²) in [6, 6.07) is 9.41. The summed E-state index contributed by atoms with van der Waals surface area (Å²) in [7, 11) is -3.71. The topological polar surface area (TPSA) is 95.6 Å². The van der Waals surface area contributed by atoms with Crippen LogP contribution in [0.2, 0.25) is 5.02 Å². The highest BCUT2D eigenvalue weighted by molar-refractivity contribution is 7.92. The van der Waals surface area contributed by atoms with Gasteiger partial charge in [0.15, 0.2) is 0 Å². The summed E-state index contributed by atoms with van der Waals surface area (Å²) in [5.41, 5.74) is 4.67. The lowest BCUT2D eigenvalue weighted by Gasteiger charge is -2.22. The van der Waals surface area contributed by atoms with Crippen LogP contribution in [0, 0.1) is 0 Å². The Morgan fingerprint density at radius 3 is 2.54 bits per heavy atom. The molecule has 0 bridgehead atoms. The number of nitrogens with one attached hydrogen (secondary N) is 2. The van der Waals surface area contributed by atoms with Gasteiger partial charge in [0.25, 0.3) is 11.8 Å². The lowest BCUT2D eigenvalue weighted by Crippen LogP contribution is -2.47. The van der Waals surface area contributed by atoms with Crippen LogP contribution in [0.25, 0.3) is 0 Å². The third-order valence-electron chi connectivity index (χ3n) is 2.84. The Morgan fingerprint density at radius 1 is 1.21 bits per heavy atom. The van der Waals surface area contributed by atoms with E-state index in [1.165, 1.54) is 23.5 Å². The molecule has 0 saturated carbocycles. The first-order chi connectivity index (χ1) is 11.3. The number of benzene rings is 1. The Labute approximate surface area is 148 Å². The van der Waals surface area contributed by atoms with Gasteiger partial charge < -0.3 is 0 Å². The maximum absolute atomic E-state index is 12.0. The fourth-order valence-electron chi connectivity index (χ4n) is 1.80. The second-order valence-electron chi connectivity index (χ2n) is 4.73. The standard InChI is InChI=1S/C14H14ClN3O4S2/c1-24(21,22)18(11-5-2-4-10(15)8-11)9-13(19)16-17-14(20)12-6-3-7-23-12/h2-8H,9H2,1H3,(H,16,19)(H,17,20). The number of sulfonamides is 1. The fourth-order valence-corrected chi connectivity index (χ4v) is 3.45. The summed E-state index contributed by atoms with van der Waals surface area (Å²) in [6.07, 6.45) is 0.978. The van der Waals surface area contributed by atoms with Gasteiger partial charge >= 0.3 is 0 Å². The Bertz CT molecular complexity index is 837. The molecule has 0 radical (unpaired) electrons. The number of rotatable bonds is 5. The molecule has 0 aliphatic carbocycles. The van der Waals surface area contributed by atoms with Crippen LogP contribution in [0.3, 0.4) is 0 Å². The van der Waals surface area contributed by atoms with Crippen molar-refractivity contribution in [3.63, 3.8) is 0 Å². The predicted molar refractivity (Wildman–Crippen MR) is 93.6 cm³/mol. The van der Waals surface area contributed by atoms with Crippen LogP contribution in [0.4, 0.5) is 5.69 Å². The highest BCUT2D eigenvalue weighted by Gasteiger charge is 2.21. The van der Waals surface area contributed by atoms with E-state index in [1.807, 2.05) is 0 Å². The first kappa shape index (κ1) is 18.2. The second-order valence-corrected chi connectivity index (χ2v) is 8.02. The molecular weight excluding hydrogens is 374 g/mol. The number of hydrazine groups is 1. The average molecular weight is 388 g/mol. The largest absolute Gasteiger partial charge is 0.279 e. The molecule has 0 spiro atoms. The van der Waals surface area contributed by atoms with Crippen LogP contribution in [-0.2, 0) is 14.8 Å². The summed E-state index contributed by atoms with van der Waals surface area (Å²) in [5.74, 6) is -1.17. The molecule has 1 heterocycles. The van der Waals surface area contributed by atoms with Crippen molar-refractivity contribution in [1.29, 1.82) is 0 Å². The third kappa shape index (κ3) is 4.95. The van der Waals surface area contributed by atoms with E-state index in [1.54, 1.807) is 29.6 Å². The smallest absolute Gasteiger partial charge is 0.271 e. The van der Waals surface area contributed by atoms with Crippen LogP contribution in [0.1, 0.15) is 9.67 Å². The van der Waals surface area contributed by atoms with Crippen molar-refractivity contribution in [3.05, 3.63) is 51.7 Å². The molecule has 2 amide bonds. The van der Waals surface area contributed by atoms with E-state index >= 15 is 0 Å². The van der Waals surface area contributed by atoms with E-state index in [0.29, 0.717) is 9.90 Å². The molecule has 24 heavy (non-hydrogen) atoms. The van der Waals surface area contributed by atoms with Crippen molar-refractivity contribution in [2.75, 3.05) is 17.1 Å². The normalized spacial score (nSPS) is 10.9. The van der Waals surface area contributed by atoms with Gasteiger partial charge in [-0.25, -0.2) is 8.42 Å². The third-order valence-corrected chi connectivity index (χ3v) is 5.09. The first-order valence-electron chi connectivity index (χ1n) is 6.63. The Hall–Kier alpha value is -2.10. The minimum absolute atomic E-state index is 0.254. The van der Waals surface area contributed by atoms with Crippen molar-refractivity contribution < 1.29 is 18.0 Å². The first-order valence-corrected chi connectivity index (χ1v) is 9.74. The molecule has 1 aromatic carbocycles. The number of carbonyl (C=O) groups excluding carboxylic acids is 2. The zero-order chi connectivity index (χ0) is 17.7. The van der Waals surface area contributed by atoms with Crippen LogP contribution < -0.4 is 15.2 Å². The van der Waals surface area contributed by atoms with E-state index in [2.05, 4.69) is 10.9 Å². The fraction of sp³-hybridized carbons (Fsp3) is 0.143. The summed E-state index contributed by atoms with van der Waals surface area (Å²) in [4.78, 5) is 24.1. The molecule has 1 aromatic heterocycles. The van der Waals surface area contributed by atoms with E-state index < -0.39 is 28.4 Å². The quantitative estimate of drug-likeness (QED) is 0.762. The SMILES string of the molecule is CS(=O)(=O)N(CC(=O)NNC(=O)c1cccs1)c1cccc(Cl)c1. The van der Waals surface area contributed by atoms with Gasteiger partial charge in [0.1, 0.15) is 6.54 Å². The monoisotopic (exact) mass is 387 g/mol. The second kappa shape index (κ2) is 7.65. The molecule has 128 valence electrons. The molecule has 7 nitrogen and oxygen atoms in total. The molecule has 0 aliphatic heterocycles. The number of hydrogen-bond donors (Lipinski definition) is 2. The summed E-state index contributed by atoms with van der Waals surface area (Å²) >= 11 is 7.07. The van der Waals surface area contributed by atoms with Crippen molar-refractivity contribution in [2.45, 2.75) is 0 Å². The molecule has 2 N–H and O–H groups in total. The summed E-state index contributed by atoms with van der Waals surface area (Å²) in [5, 5.41) is 2.06. The van der Waals surface area contributed by atoms with Gasteiger partial charge in [0.05, 0.1) is 16.8 Å². The predicted octanol–water partition coefficient (Wildman–Crippen LogP) is 1.63. The van der Waals surface area contributed by atoms with Gasteiger partial charge in [-0.05, 0) is 29.6 Å². The van der Waals surface area contributed by atoms with E-state index in [-0.39, 0.29) is 5.69 Å². The highest BCUT2D eigenvalue weighted by atomic mass is 35.5. The Kier molecular flexibility index (Phi) is 5.81. The number of anilines is 1. The molecule has 2 aromatic rings. The van der Waals surface area contributed by atoms with Crippen LogP contribution in [0.15, 0.2) is 41.8 Å².